The summed E-state index contributed by atoms with van der Waals surface area (Å²) < 4.78 is 6.26. The summed E-state index contributed by atoms with van der Waals surface area (Å²) >= 11 is 8.67. The van der Waals surface area contributed by atoms with E-state index in [0.717, 1.165) is 27.2 Å². The molecular formula is C19H18BrN3O2S. The van der Waals surface area contributed by atoms with E-state index in [0.29, 0.717) is 10.7 Å². The van der Waals surface area contributed by atoms with Gasteiger partial charge < -0.3 is 20.7 Å². The van der Waals surface area contributed by atoms with Gasteiger partial charge in [0.15, 0.2) is 5.11 Å². The highest BCUT2D eigenvalue weighted by Gasteiger charge is 2.30. The molecule has 1 amide bonds. The minimum atomic E-state index is -0.366. The summed E-state index contributed by atoms with van der Waals surface area (Å²) in [7, 11) is 1.61. The van der Waals surface area contributed by atoms with Gasteiger partial charge in [0, 0.05) is 15.9 Å². The molecule has 0 unspecified atom stereocenters. The van der Waals surface area contributed by atoms with E-state index < -0.39 is 0 Å². The molecule has 1 heterocycles. The van der Waals surface area contributed by atoms with Crippen molar-refractivity contribution in [1.82, 2.24) is 10.6 Å². The summed E-state index contributed by atoms with van der Waals surface area (Å²) in [4.78, 5) is 13.0. The van der Waals surface area contributed by atoms with Crippen molar-refractivity contribution in [3.05, 3.63) is 69.8 Å². The molecule has 0 radical (unpaired) electrons. The first-order valence-corrected chi connectivity index (χ1v) is 9.17. The quantitative estimate of drug-likeness (QED) is 0.640. The molecular weight excluding hydrogens is 414 g/mol. The van der Waals surface area contributed by atoms with Gasteiger partial charge in [-0.15, -0.1) is 0 Å². The van der Waals surface area contributed by atoms with Gasteiger partial charge >= 0.3 is 0 Å². The van der Waals surface area contributed by atoms with Crippen LogP contribution in [-0.4, -0.2) is 18.1 Å². The summed E-state index contributed by atoms with van der Waals surface area (Å²) in [5, 5.41) is 9.63. The standard InChI is InChI=1S/C19H18BrN3O2S/c1-11-16(18(24)22-14-8-6-13(20)7-9-14)17(23-19(26)21-11)12-4-3-5-15(10-12)25-2/h3-10,17H,1-2H3,(H,22,24)(H2,21,23,26)/t17-/m1/s1. The zero-order valence-corrected chi connectivity index (χ0v) is 16.7. The van der Waals surface area contributed by atoms with Gasteiger partial charge in [-0.1, -0.05) is 28.1 Å². The summed E-state index contributed by atoms with van der Waals surface area (Å²) in [6, 6.07) is 14.7. The maximum Gasteiger partial charge on any atom is 0.255 e. The molecule has 2 aromatic rings. The Balaban J connectivity index is 1.94. The molecule has 7 heteroatoms. The van der Waals surface area contributed by atoms with Crippen LogP contribution in [0.25, 0.3) is 0 Å². The number of rotatable bonds is 4. The molecule has 1 aliphatic rings. The van der Waals surface area contributed by atoms with Gasteiger partial charge in [0.25, 0.3) is 5.91 Å². The fourth-order valence-corrected chi connectivity index (χ4v) is 3.33. The number of anilines is 1. The van der Waals surface area contributed by atoms with Crippen molar-refractivity contribution in [2.75, 3.05) is 12.4 Å². The third-order valence-electron chi connectivity index (χ3n) is 4.04. The molecule has 134 valence electrons. The first-order valence-electron chi connectivity index (χ1n) is 7.97. The highest BCUT2D eigenvalue weighted by atomic mass is 79.9. The van der Waals surface area contributed by atoms with Crippen LogP contribution in [-0.2, 0) is 4.79 Å². The predicted octanol–water partition coefficient (Wildman–Crippen LogP) is 3.89. The molecule has 1 atom stereocenters. The van der Waals surface area contributed by atoms with Crippen LogP contribution in [0.15, 0.2) is 64.3 Å². The van der Waals surface area contributed by atoms with E-state index in [1.807, 2.05) is 55.5 Å². The smallest absolute Gasteiger partial charge is 0.255 e. The number of amides is 1. The Kier molecular flexibility index (Phi) is 5.58. The lowest BCUT2D eigenvalue weighted by Gasteiger charge is -2.30. The van der Waals surface area contributed by atoms with Crippen molar-refractivity contribution < 1.29 is 9.53 Å². The molecule has 3 rings (SSSR count). The molecule has 0 fully saturated rings. The van der Waals surface area contributed by atoms with Crippen LogP contribution in [0.4, 0.5) is 5.69 Å². The highest BCUT2D eigenvalue weighted by Crippen LogP contribution is 2.30. The van der Waals surface area contributed by atoms with Gasteiger partial charge in [-0.2, -0.15) is 0 Å². The summed E-state index contributed by atoms with van der Waals surface area (Å²) in [6.45, 7) is 1.84. The molecule has 26 heavy (non-hydrogen) atoms. The van der Waals surface area contributed by atoms with Gasteiger partial charge in [-0.05, 0) is 61.1 Å². The van der Waals surface area contributed by atoms with Crippen LogP contribution in [0.2, 0.25) is 0 Å². The molecule has 0 saturated heterocycles. The van der Waals surface area contributed by atoms with E-state index in [-0.39, 0.29) is 11.9 Å². The topological polar surface area (TPSA) is 62.4 Å². The molecule has 5 nitrogen and oxygen atoms in total. The van der Waals surface area contributed by atoms with Crippen LogP contribution in [0.5, 0.6) is 5.75 Å². The first-order chi connectivity index (χ1) is 12.5. The second-order valence-electron chi connectivity index (χ2n) is 5.81. The van der Waals surface area contributed by atoms with Crippen molar-refractivity contribution in [1.29, 1.82) is 0 Å². The van der Waals surface area contributed by atoms with Crippen LogP contribution in [0.1, 0.15) is 18.5 Å². The average molecular weight is 432 g/mol. The minimum absolute atomic E-state index is 0.194. The number of methoxy groups -OCH3 is 1. The number of benzene rings is 2. The molecule has 0 aromatic heterocycles. The molecule has 0 bridgehead atoms. The van der Waals surface area contributed by atoms with E-state index in [2.05, 4.69) is 31.9 Å². The summed E-state index contributed by atoms with van der Waals surface area (Å²) in [5.41, 5.74) is 2.91. The van der Waals surface area contributed by atoms with Crippen LogP contribution >= 0.6 is 28.1 Å². The van der Waals surface area contributed by atoms with E-state index in [1.54, 1.807) is 7.11 Å². The SMILES string of the molecule is COc1cccc([C@H]2NC(=S)NC(C)=C2C(=O)Nc2ccc(Br)cc2)c1. The number of carbonyl (C=O) groups is 1. The van der Waals surface area contributed by atoms with Crippen molar-refractivity contribution >= 4 is 44.9 Å². The molecule has 0 aliphatic carbocycles. The third kappa shape index (κ3) is 4.05. The van der Waals surface area contributed by atoms with Gasteiger partial charge in [-0.3, -0.25) is 4.79 Å². The highest BCUT2D eigenvalue weighted by molar-refractivity contribution is 9.10. The molecule has 0 saturated carbocycles. The number of allylic oxidation sites excluding steroid dienone is 1. The maximum absolute atomic E-state index is 13.0. The van der Waals surface area contributed by atoms with Crippen LogP contribution < -0.4 is 20.7 Å². The van der Waals surface area contributed by atoms with Crippen molar-refractivity contribution in [3.8, 4) is 5.75 Å². The largest absolute Gasteiger partial charge is 0.497 e. The lowest BCUT2D eigenvalue weighted by molar-refractivity contribution is -0.113. The van der Waals surface area contributed by atoms with Gasteiger partial charge in [-0.25, -0.2) is 0 Å². The Morgan fingerprint density at radius 1 is 1.23 bits per heavy atom. The van der Waals surface area contributed by atoms with Crippen molar-refractivity contribution in [2.45, 2.75) is 13.0 Å². The van der Waals surface area contributed by atoms with Crippen molar-refractivity contribution in [2.24, 2.45) is 0 Å². The fourth-order valence-electron chi connectivity index (χ4n) is 2.80. The van der Waals surface area contributed by atoms with E-state index in [9.17, 15) is 4.79 Å². The third-order valence-corrected chi connectivity index (χ3v) is 4.79. The Morgan fingerprint density at radius 2 is 1.96 bits per heavy atom. The number of hydrogen-bond donors (Lipinski definition) is 3. The van der Waals surface area contributed by atoms with E-state index in [1.165, 1.54) is 0 Å². The number of ether oxygens (including phenoxy) is 1. The number of nitrogens with one attached hydrogen (secondary N) is 3. The molecule has 3 N–H and O–H groups in total. The van der Waals surface area contributed by atoms with Gasteiger partial charge in [0.05, 0.1) is 18.7 Å². The minimum Gasteiger partial charge on any atom is -0.497 e. The lowest BCUT2D eigenvalue weighted by Crippen LogP contribution is -2.45. The second kappa shape index (κ2) is 7.88. The predicted molar refractivity (Wildman–Crippen MR) is 110 cm³/mol. The van der Waals surface area contributed by atoms with Gasteiger partial charge in [0.2, 0.25) is 0 Å². The Bertz CT molecular complexity index is 881. The monoisotopic (exact) mass is 431 g/mol. The van der Waals surface area contributed by atoms with E-state index >= 15 is 0 Å². The molecule has 2 aromatic carbocycles. The Labute approximate surface area is 165 Å². The summed E-state index contributed by atoms with van der Waals surface area (Å²) in [5.74, 6) is 0.527. The number of halogens is 1. The summed E-state index contributed by atoms with van der Waals surface area (Å²) in [6.07, 6.45) is 0. The molecule has 0 spiro atoms. The fraction of sp³-hybridized carbons (Fsp3) is 0.158. The normalized spacial score (nSPS) is 16.6. The Hall–Kier alpha value is -2.38. The first kappa shape index (κ1) is 18.4. The lowest BCUT2D eigenvalue weighted by atomic mass is 9.94. The zero-order valence-electron chi connectivity index (χ0n) is 14.3. The zero-order chi connectivity index (χ0) is 18.7. The van der Waals surface area contributed by atoms with E-state index in [4.69, 9.17) is 17.0 Å². The number of thiocarbonyl (C=S) groups is 1. The number of carbonyl (C=O) groups excluding carboxylic acids is 1. The maximum atomic E-state index is 13.0. The van der Waals surface area contributed by atoms with Crippen molar-refractivity contribution in [3.63, 3.8) is 0 Å². The second-order valence-corrected chi connectivity index (χ2v) is 7.13. The number of hydrogen-bond acceptors (Lipinski definition) is 3. The van der Waals surface area contributed by atoms with Gasteiger partial charge in [0.1, 0.15) is 5.75 Å². The molecule has 1 aliphatic heterocycles. The average Bonchev–Trinajstić information content (AvgIpc) is 2.63. The van der Waals surface area contributed by atoms with Crippen LogP contribution in [0, 0.1) is 0 Å². The van der Waals surface area contributed by atoms with Crippen LogP contribution in [0.3, 0.4) is 0 Å². The Morgan fingerprint density at radius 3 is 2.65 bits per heavy atom.